The van der Waals surface area contributed by atoms with Crippen LogP contribution in [0.2, 0.25) is 0 Å². The largest absolute Gasteiger partial charge is 0.467 e. The minimum absolute atomic E-state index is 0.0439. The minimum Gasteiger partial charge on any atom is -0.467 e. The van der Waals surface area contributed by atoms with Gasteiger partial charge in [0.1, 0.15) is 6.04 Å². The van der Waals surface area contributed by atoms with Crippen LogP contribution in [0.25, 0.3) is 0 Å². The lowest BCUT2D eigenvalue weighted by atomic mass is 10.1. The second kappa shape index (κ2) is 11.1. The highest BCUT2D eigenvalue weighted by Gasteiger charge is 2.24. The fourth-order valence-electron chi connectivity index (χ4n) is 3.52. The third kappa shape index (κ3) is 6.31. The predicted octanol–water partition coefficient (Wildman–Crippen LogP) is 2.52. The zero-order chi connectivity index (χ0) is 23.8. The van der Waals surface area contributed by atoms with Gasteiger partial charge in [-0.15, -0.1) is 0 Å². The molecule has 0 bridgehead atoms. The van der Waals surface area contributed by atoms with Gasteiger partial charge in [0.25, 0.3) is 5.91 Å². The number of carbonyl (C=O) groups is 4. The maximum absolute atomic E-state index is 12.7. The van der Waals surface area contributed by atoms with E-state index in [0.717, 1.165) is 24.2 Å². The second-order valence-corrected chi connectivity index (χ2v) is 7.49. The van der Waals surface area contributed by atoms with Gasteiger partial charge in [-0.1, -0.05) is 6.07 Å². The van der Waals surface area contributed by atoms with Gasteiger partial charge in [0.15, 0.2) is 0 Å². The van der Waals surface area contributed by atoms with Gasteiger partial charge in [-0.3, -0.25) is 9.59 Å². The highest BCUT2D eigenvalue weighted by Crippen LogP contribution is 2.23. The number of benzene rings is 2. The molecule has 0 unspecified atom stereocenters. The van der Waals surface area contributed by atoms with Gasteiger partial charge in [0.2, 0.25) is 5.91 Å². The molecule has 0 aliphatic carbocycles. The van der Waals surface area contributed by atoms with Gasteiger partial charge in [-0.25, -0.2) is 9.59 Å². The van der Waals surface area contributed by atoms with Crippen LogP contribution in [0.5, 0.6) is 0 Å². The SMILES string of the molecule is CCOC(=O)c1cccc(NC(=O)CC[C@H](NC(=O)c2ccc3c(c2)CCN3)C(=O)OC)c1. The van der Waals surface area contributed by atoms with Crippen molar-refractivity contribution in [3.8, 4) is 0 Å². The smallest absolute Gasteiger partial charge is 0.338 e. The Balaban J connectivity index is 1.59. The van der Waals surface area contributed by atoms with E-state index >= 15 is 0 Å². The first-order valence-corrected chi connectivity index (χ1v) is 10.7. The van der Waals surface area contributed by atoms with Crippen molar-refractivity contribution in [2.75, 3.05) is 30.9 Å². The molecule has 2 aromatic carbocycles. The molecule has 33 heavy (non-hydrogen) atoms. The summed E-state index contributed by atoms with van der Waals surface area (Å²) >= 11 is 0. The van der Waals surface area contributed by atoms with Gasteiger partial charge in [-0.05, 0) is 61.7 Å². The number of ether oxygens (including phenoxy) is 2. The van der Waals surface area contributed by atoms with Gasteiger partial charge in [-0.2, -0.15) is 0 Å². The summed E-state index contributed by atoms with van der Waals surface area (Å²) in [5.74, 6) is -1.90. The summed E-state index contributed by atoms with van der Waals surface area (Å²) in [4.78, 5) is 49.1. The van der Waals surface area contributed by atoms with Crippen LogP contribution in [-0.2, 0) is 25.5 Å². The first-order valence-electron chi connectivity index (χ1n) is 10.7. The number of hydrogen-bond acceptors (Lipinski definition) is 7. The van der Waals surface area contributed by atoms with E-state index in [2.05, 4.69) is 16.0 Å². The summed E-state index contributed by atoms with van der Waals surface area (Å²) in [6.45, 7) is 2.78. The minimum atomic E-state index is -0.981. The average Bonchev–Trinajstić information content (AvgIpc) is 3.29. The maximum atomic E-state index is 12.7. The quantitative estimate of drug-likeness (QED) is 0.499. The Kier molecular flexibility index (Phi) is 8.01. The van der Waals surface area contributed by atoms with Crippen molar-refractivity contribution in [3.63, 3.8) is 0 Å². The van der Waals surface area contributed by atoms with Crippen molar-refractivity contribution < 1.29 is 28.7 Å². The fraction of sp³-hybridized carbons (Fsp3) is 0.333. The van der Waals surface area contributed by atoms with Crippen LogP contribution in [0.3, 0.4) is 0 Å². The topological polar surface area (TPSA) is 123 Å². The molecule has 9 heteroatoms. The summed E-state index contributed by atoms with van der Waals surface area (Å²) in [6, 6.07) is 10.7. The summed E-state index contributed by atoms with van der Waals surface area (Å²) in [5.41, 5.74) is 3.22. The normalized spacial score (nSPS) is 12.7. The van der Waals surface area contributed by atoms with Crippen LogP contribution in [0.15, 0.2) is 42.5 Å². The number of rotatable bonds is 9. The number of methoxy groups -OCH3 is 1. The molecule has 0 fully saturated rings. The summed E-state index contributed by atoms with van der Waals surface area (Å²) in [7, 11) is 1.23. The molecule has 0 radical (unpaired) electrons. The summed E-state index contributed by atoms with van der Waals surface area (Å²) < 4.78 is 9.75. The summed E-state index contributed by atoms with van der Waals surface area (Å²) in [6.07, 6.45) is 0.834. The Morgan fingerprint density at radius 3 is 2.67 bits per heavy atom. The molecule has 1 atom stereocenters. The molecule has 3 N–H and O–H groups in total. The first-order chi connectivity index (χ1) is 15.9. The van der Waals surface area contributed by atoms with Crippen LogP contribution < -0.4 is 16.0 Å². The van der Waals surface area contributed by atoms with E-state index < -0.39 is 23.9 Å². The zero-order valence-electron chi connectivity index (χ0n) is 18.6. The molecule has 1 aliphatic heterocycles. The number of hydrogen-bond donors (Lipinski definition) is 3. The molecular formula is C24H27N3O6. The average molecular weight is 453 g/mol. The second-order valence-electron chi connectivity index (χ2n) is 7.49. The maximum Gasteiger partial charge on any atom is 0.338 e. The zero-order valence-corrected chi connectivity index (χ0v) is 18.6. The molecule has 1 aliphatic rings. The Morgan fingerprint density at radius 1 is 1.09 bits per heavy atom. The Morgan fingerprint density at radius 2 is 1.91 bits per heavy atom. The van der Waals surface area contributed by atoms with E-state index in [1.807, 2.05) is 6.07 Å². The highest BCUT2D eigenvalue weighted by atomic mass is 16.5. The van der Waals surface area contributed by atoms with E-state index in [1.54, 1.807) is 37.3 Å². The van der Waals surface area contributed by atoms with Gasteiger partial charge >= 0.3 is 11.9 Å². The molecular weight excluding hydrogens is 426 g/mol. The molecule has 1 heterocycles. The van der Waals surface area contributed by atoms with Crippen LogP contribution >= 0.6 is 0 Å². The monoisotopic (exact) mass is 453 g/mol. The van der Waals surface area contributed by atoms with Crippen molar-refractivity contribution in [2.45, 2.75) is 32.2 Å². The van der Waals surface area contributed by atoms with Crippen LogP contribution in [-0.4, -0.2) is 50.1 Å². The Hall–Kier alpha value is -3.88. The van der Waals surface area contributed by atoms with E-state index in [0.29, 0.717) is 16.8 Å². The molecule has 3 rings (SSSR count). The lowest BCUT2D eigenvalue weighted by Crippen LogP contribution is -2.42. The molecule has 2 aromatic rings. The van der Waals surface area contributed by atoms with E-state index in [-0.39, 0.29) is 25.4 Å². The summed E-state index contributed by atoms with van der Waals surface area (Å²) in [5, 5.41) is 8.57. The molecule has 0 spiro atoms. The standard InChI is InChI=1S/C24H27N3O6/c1-3-33-23(30)17-5-4-6-18(14-17)26-21(28)10-9-20(24(31)32-2)27-22(29)16-7-8-19-15(13-16)11-12-25-19/h4-8,13-14,20,25H,3,9-12H2,1-2H3,(H,26,28)(H,27,29)/t20-/m0/s1. The number of carbonyl (C=O) groups excluding carboxylic acids is 4. The number of fused-ring (bicyclic) bond motifs is 1. The number of anilines is 2. The molecule has 9 nitrogen and oxygen atoms in total. The van der Waals surface area contributed by atoms with E-state index in [4.69, 9.17) is 9.47 Å². The number of nitrogens with one attached hydrogen (secondary N) is 3. The molecule has 0 saturated heterocycles. The van der Waals surface area contributed by atoms with Crippen molar-refractivity contribution in [3.05, 3.63) is 59.2 Å². The highest BCUT2D eigenvalue weighted by molar-refractivity contribution is 5.98. The fourth-order valence-corrected chi connectivity index (χ4v) is 3.52. The molecule has 0 aromatic heterocycles. The van der Waals surface area contributed by atoms with Gasteiger partial charge < -0.3 is 25.4 Å². The van der Waals surface area contributed by atoms with Crippen molar-refractivity contribution in [1.29, 1.82) is 0 Å². The van der Waals surface area contributed by atoms with Crippen molar-refractivity contribution >= 4 is 35.1 Å². The van der Waals surface area contributed by atoms with Gasteiger partial charge in [0.05, 0.1) is 19.3 Å². The van der Waals surface area contributed by atoms with Crippen LogP contribution in [0.1, 0.15) is 46.0 Å². The third-order valence-electron chi connectivity index (χ3n) is 5.19. The molecule has 174 valence electrons. The lowest BCUT2D eigenvalue weighted by Gasteiger charge is -2.17. The van der Waals surface area contributed by atoms with Crippen LogP contribution in [0.4, 0.5) is 11.4 Å². The number of amides is 2. The lowest BCUT2D eigenvalue weighted by molar-refractivity contribution is -0.143. The van der Waals surface area contributed by atoms with Crippen molar-refractivity contribution in [2.24, 2.45) is 0 Å². The molecule has 2 amide bonds. The third-order valence-corrected chi connectivity index (χ3v) is 5.19. The van der Waals surface area contributed by atoms with Crippen LogP contribution in [0, 0.1) is 0 Å². The first kappa shape index (κ1) is 23.8. The molecule has 0 saturated carbocycles. The van der Waals surface area contributed by atoms with E-state index in [1.165, 1.54) is 13.2 Å². The Bertz CT molecular complexity index is 1050. The van der Waals surface area contributed by atoms with E-state index in [9.17, 15) is 19.2 Å². The Labute approximate surface area is 191 Å². The predicted molar refractivity (Wildman–Crippen MR) is 122 cm³/mol. The van der Waals surface area contributed by atoms with Gasteiger partial charge in [0, 0.05) is 29.9 Å². The number of esters is 2. The van der Waals surface area contributed by atoms with Crippen molar-refractivity contribution in [1.82, 2.24) is 5.32 Å².